The number of hydrogen-bond donors (Lipinski definition) is 2. The standard InChI is InChI=1S/C25H20N2O4/c26-15-22(24(28)27-16-19-4-2-1-3-5-19)14-18-8-12-23(13-9-18)31-17-20-6-10-21(11-7-20)25(29)30/h1-14H,16-17H2,(H,27,28)(H,29,30)/b22-14-. The van der Waals surface area contributed by atoms with Crippen molar-refractivity contribution >= 4 is 18.0 Å². The molecule has 31 heavy (non-hydrogen) atoms. The average molecular weight is 412 g/mol. The lowest BCUT2D eigenvalue weighted by molar-refractivity contribution is -0.117. The van der Waals surface area contributed by atoms with Crippen LogP contribution < -0.4 is 10.1 Å². The first-order chi connectivity index (χ1) is 15.0. The molecule has 3 aromatic rings. The molecule has 0 aliphatic rings. The van der Waals surface area contributed by atoms with Gasteiger partial charge in [-0.2, -0.15) is 5.26 Å². The van der Waals surface area contributed by atoms with Crippen LogP contribution in [0.15, 0.2) is 84.4 Å². The maximum Gasteiger partial charge on any atom is 0.335 e. The molecule has 2 N–H and O–H groups in total. The molecular formula is C25H20N2O4. The minimum absolute atomic E-state index is 0.0168. The Morgan fingerprint density at radius 1 is 0.935 bits per heavy atom. The van der Waals surface area contributed by atoms with Crippen LogP contribution in [0.25, 0.3) is 6.08 Å². The molecule has 0 saturated carbocycles. The van der Waals surface area contributed by atoms with E-state index in [-0.39, 0.29) is 11.1 Å². The van der Waals surface area contributed by atoms with Gasteiger partial charge in [-0.1, -0.05) is 54.6 Å². The van der Waals surface area contributed by atoms with Crippen molar-refractivity contribution in [1.29, 1.82) is 5.26 Å². The molecule has 0 unspecified atom stereocenters. The summed E-state index contributed by atoms with van der Waals surface area (Å²) in [6.07, 6.45) is 1.52. The lowest BCUT2D eigenvalue weighted by atomic mass is 10.1. The van der Waals surface area contributed by atoms with Crippen molar-refractivity contribution < 1.29 is 19.4 Å². The van der Waals surface area contributed by atoms with Crippen molar-refractivity contribution in [2.75, 3.05) is 0 Å². The molecule has 3 rings (SSSR count). The van der Waals surface area contributed by atoms with Crippen molar-refractivity contribution in [3.05, 3.63) is 107 Å². The lowest BCUT2D eigenvalue weighted by Gasteiger charge is -2.07. The molecule has 6 nitrogen and oxygen atoms in total. The number of nitrogens with zero attached hydrogens (tertiary/aromatic N) is 1. The van der Waals surface area contributed by atoms with E-state index in [1.54, 1.807) is 36.4 Å². The van der Waals surface area contributed by atoms with Crippen LogP contribution in [-0.4, -0.2) is 17.0 Å². The van der Waals surface area contributed by atoms with Gasteiger partial charge in [-0.15, -0.1) is 0 Å². The number of carboxylic acids is 1. The van der Waals surface area contributed by atoms with Gasteiger partial charge in [0.1, 0.15) is 24.0 Å². The van der Waals surface area contributed by atoms with Gasteiger partial charge < -0.3 is 15.2 Å². The van der Waals surface area contributed by atoms with Gasteiger partial charge in [0, 0.05) is 6.54 Å². The normalized spacial score (nSPS) is 10.7. The average Bonchev–Trinajstić information content (AvgIpc) is 2.81. The Balaban J connectivity index is 1.57. The molecule has 6 heteroatoms. The minimum atomic E-state index is -0.971. The number of aromatic carboxylic acids is 1. The summed E-state index contributed by atoms with van der Waals surface area (Å²) in [6.45, 7) is 0.638. The first kappa shape index (κ1) is 21.3. The second-order valence-corrected chi connectivity index (χ2v) is 6.70. The van der Waals surface area contributed by atoms with Crippen LogP contribution in [-0.2, 0) is 17.9 Å². The number of benzene rings is 3. The Morgan fingerprint density at radius 2 is 1.61 bits per heavy atom. The predicted octanol–water partition coefficient (Wildman–Crippen LogP) is 4.19. The number of nitrogens with one attached hydrogen (secondary N) is 1. The molecule has 3 aromatic carbocycles. The number of rotatable bonds is 8. The van der Waals surface area contributed by atoms with E-state index >= 15 is 0 Å². The van der Waals surface area contributed by atoms with Gasteiger partial charge in [0.25, 0.3) is 5.91 Å². The van der Waals surface area contributed by atoms with E-state index in [0.717, 1.165) is 11.1 Å². The quantitative estimate of drug-likeness (QED) is 0.427. The Labute approximate surface area is 180 Å². The van der Waals surface area contributed by atoms with E-state index in [1.165, 1.54) is 18.2 Å². The fourth-order valence-electron chi connectivity index (χ4n) is 2.76. The third-order valence-electron chi connectivity index (χ3n) is 4.46. The summed E-state index contributed by atoms with van der Waals surface area (Å²) in [7, 11) is 0. The molecule has 0 spiro atoms. The van der Waals surface area contributed by atoms with Gasteiger partial charge >= 0.3 is 5.97 Å². The third-order valence-corrected chi connectivity index (χ3v) is 4.46. The number of carbonyl (C=O) groups excluding carboxylic acids is 1. The molecule has 0 atom stereocenters. The highest BCUT2D eigenvalue weighted by atomic mass is 16.5. The third kappa shape index (κ3) is 6.31. The van der Waals surface area contributed by atoms with Crippen LogP contribution in [0.5, 0.6) is 5.75 Å². The van der Waals surface area contributed by atoms with E-state index in [0.29, 0.717) is 24.5 Å². The van der Waals surface area contributed by atoms with Crippen molar-refractivity contribution in [3.63, 3.8) is 0 Å². The maximum absolute atomic E-state index is 12.3. The first-order valence-electron chi connectivity index (χ1n) is 9.54. The fourth-order valence-corrected chi connectivity index (χ4v) is 2.76. The smallest absolute Gasteiger partial charge is 0.335 e. The van der Waals surface area contributed by atoms with Crippen LogP contribution in [0, 0.1) is 11.3 Å². The van der Waals surface area contributed by atoms with Gasteiger partial charge in [-0.05, 0) is 47.0 Å². The highest BCUT2D eigenvalue weighted by Gasteiger charge is 2.09. The summed E-state index contributed by atoms with van der Waals surface area (Å²) in [4.78, 5) is 23.2. The monoisotopic (exact) mass is 412 g/mol. The second kappa shape index (κ2) is 10.4. The Hall–Kier alpha value is -4.37. The molecule has 0 bridgehead atoms. The van der Waals surface area contributed by atoms with Crippen LogP contribution in [0.3, 0.4) is 0 Å². The highest BCUT2D eigenvalue weighted by molar-refractivity contribution is 6.01. The van der Waals surface area contributed by atoms with Crippen LogP contribution in [0.4, 0.5) is 0 Å². The van der Waals surface area contributed by atoms with Crippen molar-refractivity contribution in [3.8, 4) is 11.8 Å². The number of hydrogen-bond acceptors (Lipinski definition) is 4. The van der Waals surface area contributed by atoms with Gasteiger partial charge in [-0.25, -0.2) is 4.79 Å². The van der Waals surface area contributed by atoms with E-state index in [1.807, 2.05) is 36.4 Å². The molecule has 0 radical (unpaired) electrons. The molecule has 0 aliphatic heterocycles. The van der Waals surface area contributed by atoms with Crippen molar-refractivity contribution in [1.82, 2.24) is 5.32 Å². The number of amides is 1. The summed E-state index contributed by atoms with van der Waals surface area (Å²) in [5.74, 6) is -0.787. The molecule has 0 fully saturated rings. The van der Waals surface area contributed by atoms with Gasteiger partial charge in [-0.3, -0.25) is 4.79 Å². The van der Waals surface area contributed by atoms with Gasteiger partial charge in [0.05, 0.1) is 5.56 Å². The summed E-state index contributed by atoms with van der Waals surface area (Å²) >= 11 is 0. The fraction of sp³-hybridized carbons (Fsp3) is 0.0800. The molecular weight excluding hydrogens is 392 g/mol. The van der Waals surface area contributed by atoms with Gasteiger partial charge in [0.2, 0.25) is 0 Å². The van der Waals surface area contributed by atoms with E-state index in [4.69, 9.17) is 9.84 Å². The molecule has 154 valence electrons. The molecule has 0 saturated heterocycles. The van der Waals surface area contributed by atoms with Crippen molar-refractivity contribution in [2.24, 2.45) is 0 Å². The largest absolute Gasteiger partial charge is 0.489 e. The second-order valence-electron chi connectivity index (χ2n) is 6.70. The molecule has 1 amide bonds. The topological polar surface area (TPSA) is 99.4 Å². The van der Waals surface area contributed by atoms with E-state index in [9.17, 15) is 14.9 Å². The zero-order chi connectivity index (χ0) is 22.1. The van der Waals surface area contributed by atoms with Crippen LogP contribution >= 0.6 is 0 Å². The Kier molecular flexibility index (Phi) is 7.17. The number of carbonyl (C=O) groups is 2. The zero-order valence-corrected chi connectivity index (χ0v) is 16.6. The molecule has 0 heterocycles. The summed E-state index contributed by atoms with van der Waals surface area (Å²) in [6, 6.07) is 24.9. The highest BCUT2D eigenvalue weighted by Crippen LogP contribution is 2.17. The SMILES string of the molecule is N#C/C(=C/c1ccc(OCc2ccc(C(=O)O)cc2)cc1)C(=O)NCc1ccccc1. The van der Waals surface area contributed by atoms with E-state index in [2.05, 4.69) is 5.32 Å². The summed E-state index contributed by atoms with van der Waals surface area (Å²) in [5.41, 5.74) is 2.73. The number of ether oxygens (including phenoxy) is 1. The van der Waals surface area contributed by atoms with Gasteiger partial charge in [0.15, 0.2) is 0 Å². The van der Waals surface area contributed by atoms with Crippen LogP contribution in [0.1, 0.15) is 27.0 Å². The Bertz CT molecular complexity index is 1110. The predicted molar refractivity (Wildman–Crippen MR) is 116 cm³/mol. The summed E-state index contributed by atoms with van der Waals surface area (Å²) in [5, 5.41) is 21.0. The summed E-state index contributed by atoms with van der Waals surface area (Å²) < 4.78 is 5.70. The van der Waals surface area contributed by atoms with Crippen LogP contribution in [0.2, 0.25) is 0 Å². The van der Waals surface area contributed by atoms with E-state index < -0.39 is 11.9 Å². The number of nitriles is 1. The van der Waals surface area contributed by atoms with Crippen molar-refractivity contribution in [2.45, 2.75) is 13.2 Å². The Morgan fingerprint density at radius 3 is 2.23 bits per heavy atom. The maximum atomic E-state index is 12.3. The number of carboxylic acid groups (broad SMARTS) is 1. The molecule has 0 aromatic heterocycles. The first-order valence-corrected chi connectivity index (χ1v) is 9.54. The minimum Gasteiger partial charge on any atom is -0.489 e. The lowest BCUT2D eigenvalue weighted by Crippen LogP contribution is -2.23. The molecule has 0 aliphatic carbocycles. The zero-order valence-electron chi connectivity index (χ0n) is 16.6.